The van der Waals surface area contributed by atoms with E-state index in [4.69, 9.17) is 5.11 Å². The van der Waals surface area contributed by atoms with Gasteiger partial charge in [-0.05, 0) is 31.4 Å². The number of benzene rings is 1. The Morgan fingerprint density at radius 2 is 1.80 bits per heavy atom. The van der Waals surface area contributed by atoms with Crippen molar-refractivity contribution in [2.45, 2.75) is 44.9 Å². The number of nitro groups is 1. The lowest BCUT2D eigenvalue weighted by Crippen LogP contribution is -1.96. The Kier molecular flexibility index (Phi) is 6.49. The molecule has 0 fully saturated rings. The molecule has 1 aromatic rings. The van der Waals surface area contributed by atoms with Crippen molar-refractivity contribution >= 4 is 11.7 Å². The van der Waals surface area contributed by atoms with Crippen LogP contribution in [0.15, 0.2) is 18.2 Å². The average molecular weight is 281 g/mol. The molecule has 20 heavy (non-hydrogen) atoms. The molecule has 0 aromatic heterocycles. The monoisotopic (exact) mass is 281 g/mol. The van der Waals surface area contributed by atoms with Crippen LogP contribution in [0, 0.1) is 10.1 Å². The van der Waals surface area contributed by atoms with Crippen molar-refractivity contribution in [3.8, 4) is 5.75 Å². The van der Waals surface area contributed by atoms with Crippen LogP contribution in [0.25, 0.3) is 0 Å². The standard InChI is InChI=1S/C14H19NO5/c16-12-8-9-13(15(19)20)11(10-12)6-4-2-1-3-5-7-14(17)18/h8-10,16H,1-7H2,(H,17,18). The van der Waals surface area contributed by atoms with Crippen LogP contribution in [0.3, 0.4) is 0 Å². The van der Waals surface area contributed by atoms with Gasteiger partial charge in [-0.3, -0.25) is 14.9 Å². The second-order valence-corrected chi connectivity index (χ2v) is 4.73. The first-order chi connectivity index (χ1) is 9.50. The second-order valence-electron chi connectivity index (χ2n) is 4.73. The molecule has 2 N–H and O–H groups in total. The molecule has 0 amide bonds. The SMILES string of the molecule is O=C(O)CCCCCCCc1cc(O)ccc1[N+](=O)[O-]. The Balaban J connectivity index is 2.33. The quantitative estimate of drug-likeness (QED) is 0.411. The number of aryl methyl sites for hydroxylation is 1. The zero-order valence-corrected chi connectivity index (χ0v) is 11.2. The van der Waals surface area contributed by atoms with Crippen LogP contribution >= 0.6 is 0 Å². The first kappa shape index (κ1) is 15.9. The Labute approximate surface area is 117 Å². The van der Waals surface area contributed by atoms with Crippen molar-refractivity contribution in [2.75, 3.05) is 0 Å². The minimum absolute atomic E-state index is 0.0343. The minimum Gasteiger partial charge on any atom is -0.508 e. The molecule has 6 nitrogen and oxygen atoms in total. The van der Waals surface area contributed by atoms with E-state index >= 15 is 0 Å². The maximum absolute atomic E-state index is 10.8. The number of carboxylic acid groups (broad SMARTS) is 1. The first-order valence-electron chi connectivity index (χ1n) is 6.69. The largest absolute Gasteiger partial charge is 0.508 e. The Morgan fingerprint density at radius 3 is 2.45 bits per heavy atom. The Morgan fingerprint density at radius 1 is 1.15 bits per heavy atom. The number of aromatic hydroxyl groups is 1. The Hall–Kier alpha value is -2.11. The fourth-order valence-electron chi connectivity index (χ4n) is 2.07. The summed E-state index contributed by atoms with van der Waals surface area (Å²) in [5.74, 6) is -0.743. The predicted octanol–water partition coefficient (Wildman–Crippen LogP) is 3.27. The van der Waals surface area contributed by atoms with Gasteiger partial charge in [0.2, 0.25) is 0 Å². The number of hydrogen-bond donors (Lipinski definition) is 2. The van der Waals surface area contributed by atoms with Gasteiger partial charge < -0.3 is 10.2 Å². The molecule has 0 aliphatic rings. The van der Waals surface area contributed by atoms with Crippen molar-refractivity contribution in [2.24, 2.45) is 0 Å². The molecule has 0 bridgehead atoms. The van der Waals surface area contributed by atoms with E-state index < -0.39 is 10.9 Å². The number of carbonyl (C=O) groups is 1. The van der Waals surface area contributed by atoms with E-state index in [1.54, 1.807) is 0 Å². The summed E-state index contributed by atoms with van der Waals surface area (Å²) in [5.41, 5.74) is 0.578. The molecule has 0 saturated carbocycles. The van der Waals surface area contributed by atoms with Crippen molar-refractivity contribution < 1.29 is 19.9 Å². The summed E-state index contributed by atoms with van der Waals surface area (Å²) < 4.78 is 0. The van der Waals surface area contributed by atoms with E-state index in [0.29, 0.717) is 18.4 Å². The third kappa shape index (κ3) is 5.69. The Bertz CT molecular complexity index is 473. The minimum atomic E-state index is -0.777. The number of phenolic OH excluding ortho intramolecular Hbond substituents is 1. The zero-order chi connectivity index (χ0) is 15.0. The van der Waals surface area contributed by atoms with Crippen LogP contribution in [0.2, 0.25) is 0 Å². The van der Waals surface area contributed by atoms with Gasteiger partial charge in [0, 0.05) is 18.1 Å². The molecule has 0 heterocycles. The van der Waals surface area contributed by atoms with Gasteiger partial charge in [0.15, 0.2) is 0 Å². The van der Waals surface area contributed by atoms with E-state index in [1.807, 2.05) is 0 Å². The van der Waals surface area contributed by atoms with Crippen LogP contribution in [-0.2, 0) is 11.2 Å². The lowest BCUT2D eigenvalue weighted by Gasteiger charge is -2.04. The van der Waals surface area contributed by atoms with Crippen LogP contribution in [0.4, 0.5) is 5.69 Å². The summed E-state index contributed by atoms with van der Waals surface area (Å²) in [7, 11) is 0. The van der Waals surface area contributed by atoms with Gasteiger partial charge in [0.25, 0.3) is 5.69 Å². The smallest absolute Gasteiger partial charge is 0.303 e. The molecule has 0 radical (unpaired) electrons. The zero-order valence-electron chi connectivity index (χ0n) is 11.2. The average Bonchev–Trinajstić information content (AvgIpc) is 2.37. The van der Waals surface area contributed by atoms with E-state index in [1.165, 1.54) is 18.2 Å². The van der Waals surface area contributed by atoms with Crippen LogP contribution in [0.5, 0.6) is 5.75 Å². The number of phenols is 1. The molecule has 1 aromatic carbocycles. The molecule has 0 spiro atoms. The summed E-state index contributed by atoms with van der Waals surface area (Å²) >= 11 is 0. The number of carboxylic acids is 1. The lowest BCUT2D eigenvalue weighted by atomic mass is 10.0. The maximum atomic E-state index is 10.8. The molecular formula is C14H19NO5. The summed E-state index contributed by atoms with van der Waals surface area (Å²) in [6.07, 6.45) is 4.86. The molecule has 110 valence electrons. The second kappa shape index (κ2) is 8.14. The molecule has 0 aliphatic heterocycles. The number of nitrogens with zero attached hydrogens (tertiary/aromatic N) is 1. The van der Waals surface area contributed by atoms with E-state index in [-0.39, 0.29) is 17.9 Å². The van der Waals surface area contributed by atoms with Gasteiger partial charge in [-0.25, -0.2) is 0 Å². The van der Waals surface area contributed by atoms with Crippen LogP contribution < -0.4 is 0 Å². The van der Waals surface area contributed by atoms with Crippen molar-refractivity contribution in [1.29, 1.82) is 0 Å². The fraction of sp³-hybridized carbons (Fsp3) is 0.500. The number of hydrogen-bond acceptors (Lipinski definition) is 4. The van der Waals surface area contributed by atoms with Crippen LogP contribution in [0.1, 0.15) is 44.1 Å². The number of rotatable bonds is 9. The van der Waals surface area contributed by atoms with E-state index in [2.05, 4.69) is 0 Å². The topological polar surface area (TPSA) is 101 Å². The summed E-state index contributed by atoms with van der Waals surface area (Å²) in [4.78, 5) is 20.7. The van der Waals surface area contributed by atoms with Gasteiger partial charge in [0.1, 0.15) is 5.75 Å². The summed E-state index contributed by atoms with van der Waals surface area (Å²) in [5, 5.41) is 28.7. The van der Waals surface area contributed by atoms with Gasteiger partial charge in [-0.1, -0.05) is 19.3 Å². The van der Waals surface area contributed by atoms with Crippen molar-refractivity contribution in [1.82, 2.24) is 0 Å². The highest BCUT2D eigenvalue weighted by molar-refractivity contribution is 5.66. The molecule has 1 rings (SSSR count). The van der Waals surface area contributed by atoms with E-state index in [9.17, 15) is 20.0 Å². The third-order valence-corrected chi connectivity index (χ3v) is 3.10. The van der Waals surface area contributed by atoms with Crippen molar-refractivity contribution in [3.63, 3.8) is 0 Å². The number of unbranched alkanes of at least 4 members (excludes halogenated alkanes) is 4. The maximum Gasteiger partial charge on any atom is 0.303 e. The van der Waals surface area contributed by atoms with Gasteiger partial charge in [0.05, 0.1) is 4.92 Å². The molecule has 0 atom stereocenters. The summed E-state index contributed by atoms with van der Waals surface area (Å²) in [6, 6.07) is 4.06. The molecule has 0 aliphatic carbocycles. The summed E-state index contributed by atoms with van der Waals surface area (Å²) in [6.45, 7) is 0. The van der Waals surface area contributed by atoms with Crippen molar-refractivity contribution in [3.05, 3.63) is 33.9 Å². The van der Waals surface area contributed by atoms with Gasteiger partial charge in [-0.15, -0.1) is 0 Å². The molecule has 6 heteroatoms. The third-order valence-electron chi connectivity index (χ3n) is 3.10. The number of nitro benzene ring substituents is 1. The molecular weight excluding hydrogens is 262 g/mol. The predicted molar refractivity (Wildman–Crippen MR) is 73.8 cm³/mol. The highest BCUT2D eigenvalue weighted by atomic mass is 16.6. The highest BCUT2D eigenvalue weighted by Crippen LogP contribution is 2.25. The fourth-order valence-corrected chi connectivity index (χ4v) is 2.07. The lowest BCUT2D eigenvalue weighted by molar-refractivity contribution is -0.385. The normalized spacial score (nSPS) is 10.4. The van der Waals surface area contributed by atoms with Crippen LogP contribution in [-0.4, -0.2) is 21.1 Å². The van der Waals surface area contributed by atoms with E-state index in [0.717, 1.165) is 25.7 Å². The first-order valence-corrected chi connectivity index (χ1v) is 6.69. The van der Waals surface area contributed by atoms with Gasteiger partial charge >= 0.3 is 5.97 Å². The van der Waals surface area contributed by atoms with Gasteiger partial charge in [-0.2, -0.15) is 0 Å². The number of aliphatic carboxylic acids is 1. The molecule has 0 saturated heterocycles. The highest BCUT2D eigenvalue weighted by Gasteiger charge is 2.13. The molecule has 0 unspecified atom stereocenters.